The zero-order chi connectivity index (χ0) is 13.1. The first-order valence-corrected chi connectivity index (χ1v) is 6.50. The molecule has 18 heavy (non-hydrogen) atoms. The molecule has 94 valence electrons. The maximum atomic E-state index is 10.9. The Kier molecular flexibility index (Phi) is 4.06. The minimum atomic E-state index is -1.08. The van der Waals surface area contributed by atoms with Gasteiger partial charge in [-0.1, -0.05) is 23.2 Å². The molecule has 0 unspecified atom stereocenters. The summed E-state index contributed by atoms with van der Waals surface area (Å²) in [7, 11) is 0. The molecule has 2 rings (SSSR count). The predicted octanol–water partition coefficient (Wildman–Crippen LogP) is 3.76. The van der Waals surface area contributed by atoms with Gasteiger partial charge in [-0.25, -0.2) is 9.78 Å². The number of thiophene rings is 1. The van der Waals surface area contributed by atoms with Crippen LogP contribution in [0.15, 0.2) is 24.4 Å². The number of halogens is 2. The number of rotatable bonds is 4. The highest BCUT2D eigenvalue weighted by Crippen LogP contribution is 2.23. The third kappa shape index (κ3) is 3.13. The van der Waals surface area contributed by atoms with Gasteiger partial charge in [0.1, 0.15) is 5.82 Å². The molecule has 0 spiro atoms. The Morgan fingerprint density at radius 3 is 2.83 bits per heavy atom. The number of hydrogen-bond donors (Lipinski definition) is 2. The summed E-state index contributed by atoms with van der Waals surface area (Å²) in [5.74, 6) is -0.619. The molecule has 4 nitrogen and oxygen atoms in total. The number of nitrogens with zero attached hydrogens (tertiary/aromatic N) is 1. The summed E-state index contributed by atoms with van der Waals surface area (Å²) in [5.41, 5.74) is 0.0263. The maximum Gasteiger partial charge on any atom is 0.337 e. The molecule has 0 bridgehead atoms. The van der Waals surface area contributed by atoms with Gasteiger partial charge in [0.25, 0.3) is 0 Å². The van der Waals surface area contributed by atoms with Crippen molar-refractivity contribution in [3.8, 4) is 0 Å². The highest BCUT2D eigenvalue weighted by atomic mass is 35.5. The van der Waals surface area contributed by atoms with Crippen LogP contribution in [0.25, 0.3) is 0 Å². The number of anilines is 1. The van der Waals surface area contributed by atoms with E-state index in [0.717, 1.165) is 4.88 Å². The number of aromatic carboxylic acids is 1. The first-order chi connectivity index (χ1) is 8.56. The van der Waals surface area contributed by atoms with Gasteiger partial charge in [0.05, 0.1) is 21.5 Å². The van der Waals surface area contributed by atoms with Gasteiger partial charge < -0.3 is 10.4 Å². The molecule has 0 aliphatic carbocycles. The molecule has 2 N–H and O–H groups in total. The van der Waals surface area contributed by atoms with E-state index in [1.165, 1.54) is 23.6 Å². The van der Waals surface area contributed by atoms with Crippen molar-refractivity contribution in [1.82, 2.24) is 4.98 Å². The van der Waals surface area contributed by atoms with Crippen LogP contribution in [0.5, 0.6) is 0 Å². The largest absolute Gasteiger partial charge is 0.478 e. The van der Waals surface area contributed by atoms with E-state index in [4.69, 9.17) is 28.3 Å². The molecule has 0 amide bonds. The van der Waals surface area contributed by atoms with E-state index in [1.807, 2.05) is 6.07 Å². The molecule has 0 atom stereocenters. The van der Waals surface area contributed by atoms with Gasteiger partial charge in [0, 0.05) is 11.1 Å². The summed E-state index contributed by atoms with van der Waals surface area (Å²) in [6.45, 7) is 0.533. The molecule has 0 saturated heterocycles. The van der Waals surface area contributed by atoms with Gasteiger partial charge in [-0.15, -0.1) is 11.3 Å². The highest BCUT2D eigenvalue weighted by Gasteiger charge is 2.10. The highest BCUT2D eigenvalue weighted by molar-refractivity contribution is 7.16. The van der Waals surface area contributed by atoms with Crippen LogP contribution in [0, 0.1) is 0 Å². The molecule has 2 heterocycles. The second-order valence-electron chi connectivity index (χ2n) is 3.41. The number of aromatic nitrogens is 1. The minimum Gasteiger partial charge on any atom is -0.478 e. The van der Waals surface area contributed by atoms with E-state index in [1.54, 1.807) is 6.07 Å². The summed E-state index contributed by atoms with van der Waals surface area (Å²) in [4.78, 5) is 15.9. The monoisotopic (exact) mass is 302 g/mol. The van der Waals surface area contributed by atoms with Crippen LogP contribution in [-0.2, 0) is 6.54 Å². The standard InChI is InChI=1S/C11H8Cl2N2O2S/c12-8-5-15-10(3-7(8)11(16)17)14-4-6-1-2-9(13)18-6/h1-3,5H,4H2,(H,14,15)(H,16,17). The minimum absolute atomic E-state index is 0.0263. The molecule has 0 saturated carbocycles. The lowest BCUT2D eigenvalue weighted by molar-refractivity contribution is 0.0697. The molecule has 2 aromatic heterocycles. The Labute approximate surface area is 117 Å². The van der Waals surface area contributed by atoms with E-state index in [9.17, 15) is 4.79 Å². The van der Waals surface area contributed by atoms with E-state index in [-0.39, 0.29) is 10.6 Å². The number of carboxylic acid groups (broad SMARTS) is 1. The summed E-state index contributed by atoms with van der Waals surface area (Å²) in [6.07, 6.45) is 1.31. The Morgan fingerprint density at radius 1 is 1.44 bits per heavy atom. The zero-order valence-corrected chi connectivity index (χ0v) is 11.3. The van der Waals surface area contributed by atoms with Gasteiger partial charge in [-0.3, -0.25) is 0 Å². The average Bonchev–Trinajstić information content (AvgIpc) is 2.74. The second-order valence-corrected chi connectivity index (χ2v) is 5.62. The van der Waals surface area contributed by atoms with Crippen LogP contribution in [0.3, 0.4) is 0 Å². The van der Waals surface area contributed by atoms with Crippen molar-refractivity contribution in [2.75, 3.05) is 5.32 Å². The van der Waals surface area contributed by atoms with E-state index >= 15 is 0 Å². The van der Waals surface area contributed by atoms with Gasteiger partial charge in [0.2, 0.25) is 0 Å². The van der Waals surface area contributed by atoms with Crippen LogP contribution in [0.1, 0.15) is 15.2 Å². The molecule has 0 aromatic carbocycles. The molecule has 2 aromatic rings. The molecule has 0 aliphatic heterocycles. The van der Waals surface area contributed by atoms with Gasteiger partial charge in [-0.05, 0) is 18.2 Å². The number of nitrogens with one attached hydrogen (secondary N) is 1. The summed E-state index contributed by atoms with van der Waals surface area (Å²) in [5, 5.41) is 12.1. The van der Waals surface area contributed by atoms with Crippen molar-refractivity contribution in [1.29, 1.82) is 0 Å². The van der Waals surface area contributed by atoms with Crippen molar-refractivity contribution >= 4 is 46.3 Å². The summed E-state index contributed by atoms with van der Waals surface area (Å²) < 4.78 is 0.710. The maximum absolute atomic E-state index is 10.9. The topological polar surface area (TPSA) is 62.2 Å². The normalized spacial score (nSPS) is 10.3. The average molecular weight is 303 g/mol. The Morgan fingerprint density at radius 2 is 2.22 bits per heavy atom. The lowest BCUT2D eigenvalue weighted by atomic mass is 10.2. The van der Waals surface area contributed by atoms with Gasteiger partial charge in [-0.2, -0.15) is 0 Å². The van der Waals surface area contributed by atoms with Crippen LogP contribution in [0.4, 0.5) is 5.82 Å². The fourth-order valence-corrected chi connectivity index (χ4v) is 2.54. The van der Waals surface area contributed by atoms with Gasteiger partial charge >= 0.3 is 5.97 Å². The fraction of sp³-hybridized carbons (Fsp3) is 0.0909. The Bertz CT molecular complexity index is 586. The zero-order valence-electron chi connectivity index (χ0n) is 8.98. The van der Waals surface area contributed by atoms with Crippen molar-refractivity contribution in [2.24, 2.45) is 0 Å². The Hall–Kier alpha value is -1.30. The molecular formula is C11H8Cl2N2O2S. The van der Waals surface area contributed by atoms with Crippen LogP contribution in [0.2, 0.25) is 9.36 Å². The van der Waals surface area contributed by atoms with E-state index < -0.39 is 5.97 Å². The quantitative estimate of drug-likeness (QED) is 0.902. The first-order valence-electron chi connectivity index (χ1n) is 4.93. The number of hydrogen-bond acceptors (Lipinski definition) is 4. The third-order valence-electron chi connectivity index (χ3n) is 2.16. The van der Waals surface area contributed by atoms with Crippen molar-refractivity contribution in [2.45, 2.75) is 6.54 Å². The SMILES string of the molecule is O=C(O)c1cc(NCc2ccc(Cl)s2)ncc1Cl. The summed E-state index contributed by atoms with van der Waals surface area (Å²) >= 11 is 13.0. The van der Waals surface area contributed by atoms with Crippen molar-refractivity contribution in [3.05, 3.63) is 44.2 Å². The van der Waals surface area contributed by atoms with Crippen molar-refractivity contribution in [3.63, 3.8) is 0 Å². The lowest BCUT2D eigenvalue weighted by Crippen LogP contribution is -2.04. The number of carboxylic acids is 1. The first kappa shape index (κ1) is 13.1. The summed E-state index contributed by atoms with van der Waals surface area (Å²) in [6, 6.07) is 5.11. The van der Waals surface area contributed by atoms with Crippen LogP contribution >= 0.6 is 34.5 Å². The fourth-order valence-electron chi connectivity index (χ4n) is 1.32. The van der Waals surface area contributed by atoms with Crippen LogP contribution < -0.4 is 5.32 Å². The molecule has 0 fully saturated rings. The van der Waals surface area contributed by atoms with Gasteiger partial charge in [0.15, 0.2) is 0 Å². The third-order valence-corrected chi connectivity index (χ3v) is 3.69. The van der Waals surface area contributed by atoms with E-state index in [0.29, 0.717) is 16.7 Å². The predicted molar refractivity (Wildman–Crippen MR) is 72.9 cm³/mol. The lowest BCUT2D eigenvalue weighted by Gasteiger charge is -2.05. The number of pyridine rings is 1. The Balaban J connectivity index is 2.10. The second kappa shape index (κ2) is 5.56. The van der Waals surface area contributed by atoms with Crippen LogP contribution in [-0.4, -0.2) is 16.1 Å². The molecule has 0 aliphatic rings. The van der Waals surface area contributed by atoms with E-state index in [2.05, 4.69) is 10.3 Å². The number of carbonyl (C=O) groups is 1. The molecule has 0 radical (unpaired) electrons. The smallest absolute Gasteiger partial charge is 0.337 e. The van der Waals surface area contributed by atoms with Crippen molar-refractivity contribution < 1.29 is 9.90 Å². The molecule has 7 heteroatoms. The molecular weight excluding hydrogens is 295 g/mol.